The van der Waals surface area contributed by atoms with Gasteiger partial charge in [0, 0.05) is 25.4 Å². The summed E-state index contributed by atoms with van der Waals surface area (Å²) in [6, 6.07) is 11.3. The van der Waals surface area contributed by atoms with E-state index < -0.39 is 11.9 Å². The van der Waals surface area contributed by atoms with Gasteiger partial charge in [-0.05, 0) is 48.6 Å². The lowest BCUT2D eigenvalue weighted by Gasteiger charge is -2.22. The lowest BCUT2D eigenvalue weighted by atomic mass is 9.92. The van der Waals surface area contributed by atoms with E-state index in [-0.39, 0.29) is 18.1 Å². The molecule has 0 spiro atoms. The maximum atomic E-state index is 13.1. The molecule has 2 aromatic rings. The molecule has 1 fully saturated rings. The van der Waals surface area contributed by atoms with Gasteiger partial charge in [0.05, 0.1) is 11.6 Å². The van der Waals surface area contributed by atoms with Crippen LogP contribution in [0.15, 0.2) is 36.4 Å². The molecule has 7 heteroatoms. The molecule has 0 N–H and O–H groups in total. The van der Waals surface area contributed by atoms with E-state index in [9.17, 15) is 18.0 Å². The van der Waals surface area contributed by atoms with Crippen LogP contribution in [0.25, 0.3) is 0 Å². The standard InChI is InChI=1S/C22H22F3N3O/c1-15(17-6-4-16(14-26)5-7-17)19(29)10-8-18-9-11-20(22(23,24)25)27-21(18)28-12-2-3-13-28/h4-7,9,11,15H,2-3,8,10,12-13H2,1H3. The number of rotatable bonds is 6. The Morgan fingerprint density at radius 1 is 1.17 bits per heavy atom. The predicted octanol–water partition coefficient (Wildman–Crippen LogP) is 4.88. The zero-order valence-electron chi connectivity index (χ0n) is 16.2. The number of nitrogens with zero attached hydrogens (tertiary/aromatic N) is 3. The predicted molar refractivity (Wildman–Crippen MR) is 104 cm³/mol. The van der Waals surface area contributed by atoms with E-state index in [4.69, 9.17) is 5.26 Å². The molecular weight excluding hydrogens is 379 g/mol. The molecule has 1 aliphatic rings. The number of aromatic nitrogens is 1. The van der Waals surface area contributed by atoms with E-state index in [0.29, 0.717) is 36.5 Å². The second kappa shape index (κ2) is 8.64. The van der Waals surface area contributed by atoms with Crippen LogP contribution in [0.1, 0.15) is 54.5 Å². The van der Waals surface area contributed by atoms with Gasteiger partial charge in [-0.2, -0.15) is 18.4 Å². The fourth-order valence-corrected chi connectivity index (χ4v) is 3.54. The Morgan fingerprint density at radius 3 is 2.41 bits per heavy atom. The van der Waals surface area contributed by atoms with Crippen molar-refractivity contribution in [1.82, 2.24) is 4.98 Å². The Bertz CT molecular complexity index is 910. The second-order valence-corrected chi connectivity index (χ2v) is 7.29. The number of ketones is 1. The number of pyridine rings is 1. The van der Waals surface area contributed by atoms with Gasteiger partial charge in [0.25, 0.3) is 0 Å². The van der Waals surface area contributed by atoms with Crippen LogP contribution in [-0.2, 0) is 17.4 Å². The van der Waals surface area contributed by atoms with Crippen LogP contribution in [0.4, 0.5) is 19.0 Å². The van der Waals surface area contributed by atoms with Crippen LogP contribution in [0.5, 0.6) is 0 Å². The molecule has 1 saturated heterocycles. The molecule has 2 heterocycles. The van der Waals surface area contributed by atoms with Crippen molar-refractivity contribution < 1.29 is 18.0 Å². The van der Waals surface area contributed by atoms with Crippen LogP contribution in [0.3, 0.4) is 0 Å². The van der Waals surface area contributed by atoms with E-state index in [1.165, 1.54) is 6.07 Å². The second-order valence-electron chi connectivity index (χ2n) is 7.29. The monoisotopic (exact) mass is 401 g/mol. The highest BCUT2D eigenvalue weighted by Crippen LogP contribution is 2.32. The maximum absolute atomic E-state index is 13.1. The molecular formula is C22H22F3N3O. The Morgan fingerprint density at radius 2 is 1.83 bits per heavy atom. The molecule has 3 rings (SSSR count). The number of benzene rings is 1. The van der Waals surface area contributed by atoms with Crippen molar-refractivity contribution in [3.05, 3.63) is 58.8 Å². The van der Waals surface area contributed by atoms with Gasteiger partial charge in [-0.3, -0.25) is 4.79 Å². The van der Waals surface area contributed by atoms with Crippen molar-refractivity contribution in [2.75, 3.05) is 18.0 Å². The highest BCUT2D eigenvalue weighted by Gasteiger charge is 2.34. The first-order valence-corrected chi connectivity index (χ1v) is 9.64. The number of aryl methyl sites for hydroxylation is 1. The fraction of sp³-hybridized carbons (Fsp3) is 0.409. The lowest BCUT2D eigenvalue weighted by Crippen LogP contribution is -2.23. The minimum atomic E-state index is -4.49. The van der Waals surface area contributed by atoms with E-state index in [2.05, 4.69) is 4.98 Å². The number of halogens is 3. The first kappa shape index (κ1) is 20.8. The third kappa shape index (κ3) is 4.94. The van der Waals surface area contributed by atoms with Crippen molar-refractivity contribution in [3.63, 3.8) is 0 Å². The van der Waals surface area contributed by atoms with E-state index in [0.717, 1.165) is 24.5 Å². The van der Waals surface area contributed by atoms with Crippen LogP contribution in [-0.4, -0.2) is 23.9 Å². The van der Waals surface area contributed by atoms with Gasteiger partial charge in [-0.15, -0.1) is 0 Å². The average Bonchev–Trinajstić information content (AvgIpc) is 3.25. The van der Waals surface area contributed by atoms with Gasteiger partial charge in [0.1, 0.15) is 17.3 Å². The highest BCUT2D eigenvalue weighted by atomic mass is 19.4. The Hall–Kier alpha value is -2.88. The summed E-state index contributed by atoms with van der Waals surface area (Å²) in [5.41, 5.74) is 1.11. The van der Waals surface area contributed by atoms with Crippen molar-refractivity contribution in [2.45, 2.75) is 44.7 Å². The first-order valence-electron chi connectivity index (χ1n) is 9.64. The summed E-state index contributed by atoms with van der Waals surface area (Å²) in [6.07, 6.45) is -2.09. The normalized spacial score (nSPS) is 15.2. The summed E-state index contributed by atoms with van der Waals surface area (Å²) in [6.45, 7) is 3.16. The Kier molecular flexibility index (Phi) is 6.21. The van der Waals surface area contributed by atoms with E-state index >= 15 is 0 Å². The third-order valence-corrected chi connectivity index (χ3v) is 5.32. The van der Waals surface area contributed by atoms with E-state index in [1.54, 1.807) is 31.2 Å². The van der Waals surface area contributed by atoms with Crippen molar-refractivity contribution in [3.8, 4) is 6.07 Å². The fourth-order valence-electron chi connectivity index (χ4n) is 3.54. The molecule has 0 radical (unpaired) electrons. The molecule has 1 unspecified atom stereocenters. The summed E-state index contributed by atoms with van der Waals surface area (Å²) in [5.74, 6) is -0.00137. The van der Waals surface area contributed by atoms with Gasteiger partial charge < -0.3 is 4.90 Å². The van der Waals surface area contributed by atoms with Gasteiger partial charge in [-0.1, -0.05) is 25.1 Å². The van der Waals surface area contributed by atoms with Crippen LogP contribution in [0.2, 0.25) is 0 Å². The zero-order chi connectivity index (χ0) is 21.0. The molecule has 0 amide bonds. The molecule has 0 saturated carbocycles. The SMILES string of the molecule is CC(C(=O)CCc1ccc(C(F)(F)F)nc1N1CCCC1)c1ccc(C#N)cc1. The number of nitriles is 1. The van der Waals surface area contributed by atoms with Gasteiger partial charge in [-0.25, -0.2) is 4.98 Å². The number of hydrogen-bond donors (Lipinski definition) is 0. The molecule has 1 atom stereocenters. The Balaban J connectivity index is 1.74. The number of carbonyl (C=O) groups excluding carboxylic acids is 1. The summed E-state index contributed by atoms with van der Waals surface area (Å²) in [5, 5.41) is 8.87. The van der Waals surface area contributed by atoms with Crippen LogP contribution >= 0.6 is 0 Å². The van der Waals surface area contributed by atoms with Crippen LogP contribution < -0.4 is 4.90 Å². The number of carbonyl (C=O) groups is 1. The molecule has 1 aromatic carbocycles. The lowest BCUT2D eigenvalue weighted by molar-refractivity contribution is -0.141. The maximum Gasteiger partial charge on any atom is 0.433 e. The Labute approximate surface area is 168 Å². The number of Topliss-reactive ketones (excluding diaryl/α,β-unsaturated/α-hetero) is 1. The largest absolute Gasteiger partial charge is 0.433 e. The first-order chi connectivity index (χ1) is 13.8. The average molecular weight is 401 g/mol. The highest BCUT2D eigenvalue weighted by molar-refractivity contribution is 5.85. The third-order valence-electron chi connectivity index (χ3n) is 5.32. The quantitative estimate of drug-likeness (QED) is 0.692. The number of anilines is 1. The van der Waals surface area contributed by atoms with Gasteiger partial charge in [0.2, 0.25) is 0 Å². The van der Waals surface area contributed by atoms with Crippen molar-refractivity contribution in [1.29, 1.82) is 5.26 Å². The zero-order valence-corrected chi connectivity index (χ0v) is 16.2. The van der Waals surface area contributed by atoms with Gasteiger partial charge in [0.15, 0.2) is 0 Å². The molecule has 4 nitrogen and oxygen atoms in total. The summed E-state index contributed by atoms with van der Waals surface area (Å²) in [7, 11) is 0. The van der Waals surface area contributed by atoms with Crippen molar-refractivity contribution >= 4 is 11.6 Å². The molecule has 152 valence electrons. The molecule has 0 aliphatic carbocycles. The molecule has 0 bridgehead atoms. The smallest absolute Gasteiger partial charge is 0.356 e. The summed E-state index contributed by atoms with van der Waals surface area (Å²) in [4.78, 5) is 18.4. The van der Waals surface area contributed by atoms with Gasteiger partial charge >= 0.3 is 6.18 Å². The number of alkyl halides is 3. The summed E-state index contributed by atoms with van der Waals surface area (Å²) >= 11 is 0. The van der Waals surface area contributed by atoms with Crippen molar-refractivity contribution in [2.24, 2.45) is 0 Å². The minimum Gasteiger partial charge on any atom is -0.356 e. The summed E-state index contributed by atoms with van der Waals surface area (Å²) < 4.78 is 39.3. The molecule has 1 aliphatic heterocycles. The topological polar surface area (TPSA) is 57.0 Å². The molecule has 29 heavy (non-hydrogen) atoms. The van der Waals surface area contributed by atoms with E-state index in [1.807, 2.05) is 11.0 Å². The number of hydrogen-bond acceptors (Lipinski definition) is 4. The van der Waals surface area contributed by atoms with Crippen LogP contribution in [0, 0.1) is 11.3 Å². The minimum absolute atomic E-state index is 0.00183. The molecule has 1 aromatic heterocycles.